The lowest BCUT2D eigenvalue weighted by atomic mass is 10.2. The monoisotopic (exact) mass is 276 g/mol. The Bertz CT molecular complexity index is 423. The third-order valence-corrected chi connectivity index (χ3v) is 5.07. The second kappa shape index (κ2) is 5.14. The molecule has 0 spiro atoms. The van der Waals surface area contributed by atoms with E-state index in [0.717, 1.165) is 25.5 Å². The minimum Gasteiger partial charge on any atom is -0.394 e. The van der Waals surface area contributed by atoms with Crippen molar-refractivity contribution >= 4 is 15.9 Å². The molecule has 7 heteroatoms. The van der Waals surface area contributed by atoms with Gasteiger partial charge in [0.2, 0.25) is 15.9 Å². The molecule has 2 heterocycles. The average molecular weight is 276 g/mol. The van der Waals surface area contributed by atoms with Gasteiger partial charge in [-0.15, -0.1) is 0 Å². The van der Waals surface area contributed by atoms with E-state index in [2.05, 4.69) is 0 Å². The van der Waals surface area contributed by atoms with Crippen LogP contribution in [0.3, 0.4) is 0 Å². The van der Waals surface area contributed by atoms with Crippen LogP contribution in [0.5, 0.6) is 0 Å². The maximum atomic E-state index is 12.4. The van der Waals surface area contributed by atoms with Gasteiger partial charge in [-0.25, -0.2) is 8.42 Å². The summed E-state index contributed by atoms with van der Waals surface area (Å²) >= 11 is 0. The van der Waals surface area contributed by atoms with Crippen LogP contribution in [0, 0.1) is 0 Å². The normalized spacial score (nSPS) is 30.0. The highest BCUT2D eigenvalue weighted by molar-refractivity contribution is 7.88. The summed E-state index contributed by atoms with van der Waals surface area (Å²) in [4.78, 5) is 14.0. The smallest absolute Gasteiger partial charge is 0.241 e. The number of carbonyl (C=O) groups excluding carboxylic acids is 1. The summed E-state index contributed by atoms with van der Waals surface area (Å²) in [6.45, 7) is 1.00. The Morgan fingerprint density at radius 3 is 2.56 bits per heavy atom. The lowest BCUT2D eigenvalue weighted by Gasteiger charge is -2.29. The van der Waals surface area contributed by atoms with Crippen LogP contribution in [0.4, 0.5) is 0 Å². The molecule has 0 radical (unpaired) electrons. The largest absolute Gasteiger partial charge is 0.394 e. The number of hydrogen-bond donors (Lipinski definition) is 1. The van der Waals surface area contributed by atoms with Crippen LogP contribution in [0.2, 0.25) is 0 Å². The zero-order valence-electron chi connectivity index (χ0n) is 10.6. The first-order valence-electron chi connectivity index (χ1n) is 6.33. The first-order chi connectivity index (χ1) is 8.45. The molecular weight excluding hydrogens is 256 g/mol. The van der Waals surface area contributed by atoms with Crippen LogP contribution >= 0.6 is 0 Å². The summed E-state index contributed by atoms with van der Waals surface area (Å²) in [5.41, 5.74) is 0. The Balaban J connectivity index is 2.13. The molecule has 0 bridgehead atoms. The van der Waals surface area contributed by atoms with E-state index in [-0.39, 0.29) is 18.6 Å². The molecule has 2 aliphatic rings. The van der Waals surface area contributed by atoms with Crippen molar-refractivity contribution < 1.29 is 18.3 Å². The average Bonchev–Trinajstić information content (AvgIpc) is 2.95. The summed E-state index contributed by atoms with van der Waals surface area (Å²) in [7, 11) is -3.33. The van der Waals surface area contributed by atoms with E-state index in [1.807, 2.05) is 0 Å². The summed E-state index contributed by atoms with van der Waals surface area (Å²) in [6, 6.07) is -0.702. The first kappa shape index (κ1) is 13.8. The van der Waals surface area contributed by atoms with Crippen molar-refractivity contribution in [2.45, 2.75) is 37.8 Å². The highest BCUT2D eigenvalue weighted by Crippen LogP contribution is 2.26. The van der Waals surface area contributed by atoms with Crippen molar-refractivity contribution in [3.05, 3.63) is 0 Å². The van der Waals surface area contributed by atoms with Gasteiger partial charge in [0.05, 0.1) is 18.9 Å². The van der Waals surface area contributed by atoms with Gasteiger partial charge in [-0.05, 0) is 25.7 Å². The lowest BCUT2D eigenvalue weighted by Crippen LogP contribution is -2.49. The van der Waals surface area contributed by atoms with Crippen LogP contribution < -0.4 is 0 Å². The zero-order chi connectivity index (χ0) is 13.3. The van der Waals surface area contributed by atoms with E-state index >= 15 is 0 Å². The number of hydrogen-bond acceptors (Lipinski definition) is 4. The molecule has 2 saturated heterocycles. The van der Waals surface area contributed by atoms with Crippen LogP contribution in [0.1, 0.15) is 25.7 Å². The van der Waals surface area contributed by atoms with Gasteiger partial charge in [-0.3, -0.25) is 4.79 Å². The predicted octanol–water partition coefficient (Wildman–Crippen LogP) is -0.606. The topological polar surface area (TPSA) is 77.9 Å². The molecule has 0 aliphatic carbocycles. The summed E-state index contributed by atoms with van der Waals surface area (Å²) in [5, 5.41) is 9.23. The molecule has 2 rings (SSSR count). The minimum absolute atomic E-state index is 0.0443. The van der Waals surface area contributed by atoms with Gasteiger partial charge >= 0.3 is 0 Å². The Kier molecular flexibility index (Phi) is 3.93. The van der Waals surface area contributed by atoms with Gasteiger partial charge in [0, 0.05) is 13.1 Å². The molecule has 0 aromatic heterocycles. The Hall–Kier alpha value is -0.660. The van der Waals surface area contributed by atoms with E-state index in [0.29, 0.717) is 19.5 Å². The number of sulfonamides is 1. The van der Waals surface area contributed by atoms with Gasteiger partial charge < -0.3 is 10.0 Å². The van der Waals surface area contributed by atoms with Crippen LogP contribution in [-0.2, 0) is 14.8 Å². The molecule has 2 fully saturated rings. The number of nitrogens with zero attached hydrogens (tertiary/aromatic N) is 2. The molecule has 6 nitrogen and oxygen atoms in total. The fourth-order valence-electron chi connectivity index (χ4n) is 2.89. The van der Waals surface area contributed by atoms with Gasteiger partial charge in [-0.1, -0.05) is 0 Å². The Morgan fingerprint density at radius 2 is 1.94 bits per heavy atom. The molecule has 104 valence electrons. The molecule has 18 heavy (non-hydrogen) atoms. The number of aliphatic hydroxyl groups excluding tert-OH is 1. The molecule has 0 aromatic rings. The standard InChI is InChI=1S/C11H20N2O4S/c1-18(16,17)13-7-3-5-10(13)11(15)12-6-2-4-9(12)8-14/h9-10,14H,2-8H2,1H3/t9-,10?/m1/s1. The van der Waals surface area contributed by atoms with E-state index in [1.165, 1.54) is 4.31 Å². The number of amides is 1. The number of aliphatic hydroxyl groups is 1. The van der Waals surface area contributed by atoms with E-state index < -0.39 is 16.1 Å². The third kappa shape index (κ3) is 2.53. The van der Waals surface area contributed by atoms with Crippen molar-refractivity contribution in [3.63, 3.8) is 0 Å². The van der Waals surface area contributed by atoms with Gasteiger partial charge in [0.15, 0.2) is 0 Å². The third-order valence-electron chi connectivity index (χ3n) is 3.79. The second-order valence-corrected chi connectivity index (χ2v) is 6.98. The van der Waals surface area contributed by atoms with Crippen LogP contribution in [0.15, 0.2) is 0 Å². The molecule has 0 aromatic carbocycles. The van der Waals surface area contributed by atoms with E-state index in [4.69, 9.17) is 0 Å². The molecule has 2 aliphatic heterocycles. The van der Waals surface area contributed by atoms with Crippen molar-refractivity contribution in [2.24, 2.45) is 0 Å². The molecule has 1 amide bonds. The highest BCUT2D eigenvalue weighted by Gasteiger charge is 2.41. The molecule has 1 N–H and O–H groups in total. The number of carbonyl (C=O) groups is 1. The van der Waals surface area contributed by atoms with E-state index in [1.54, 1.807) is 4.90 Å². The molecule has 0 saturated carbocycles. The summed E-state index contributed by atoms with van der Waals surface area (Å²) in [5.74, 6) is -0.144. The van der Waals surface area contributed by atoms with Crippen molar-refractivity contribution in [2.75, 3.05) is 26.0 Å². The first-order valence-corrected chi connectivity index (χ1v) is 8.18. The SMILES string of the molecule is CS(=O)(=O)N1CCCC1C(=O)N1CCC[C@@H]1CO. The Labute approximate surface area is 108 Å². The van der Waals surface area contributed by atoms with Crippen LogP contribution in [-0.4, -0.2) is 66.7 Å². The van der Waals surface area contributed by atoms with E-state index in [9.17, 15) is 18.3 Å². The zero-order valence-corrected chi connectivity index (χ0v) is 11.4. The van der Waals surface area contributed by atoms with Crippen molar-refractivity contribution in [1.29, 1.82) is 0 Å². The number of likely N-dealkylation sites (tertiary alicyclic amines) is 1. The van der Waals surface area contributed by atoms with Crippen molar-refractivity contribution in [1.82, 2.24) is 9.21 Å². The fourth-order valence-corrected chi connectivity index (χ4v) is 4.01. The summed E-state index contributed by atoms with van der Waals surface area (Å²) < 4.78 is 24.5. The molecule has 1 unspecified atom stereocenters. The van der Waals surface area contributed by atoms with Crippen LogP contribution in [0.25, 0.3) is 0 Å². The highest BCUT2D eigenvalue weighted by atomic mass is 32.2. The van der Waals surface area contributed by atoms with Gasteiger partial charge in [0.1, 0.15) is 6.04 Å². The maximum Gasteiger partial charge on any atom is 0.241 e. The second-order valence-electron chi connectivity index (χ2n) is 5.04. The maximum absolute atomic E-state index is 12.4. The lowest BCUT2D eigenvalue weighted by molar-refractivity contribution is -0.136. The molecule has 2 atom stereocenters. The predicted molar refractivity (Wildman–Crippen MR) is 66.4 cm³/mol. The van der Waals surface area contributed by atoms with Gasteiger partial charge in [0.25, 0.3) is 0 Å². The van der Waals surface area contributed by atoms with Crippen molar-refractivity contribution in [3.8, 4) is 0 Å². The van der Waals surface area contributed by atoms with Gasteiger partial charge in [-0.2, -0.15) is 4.31 Å². The minimum atomic E-state index is -3.33. The molecular formula is C11H20N2O4S. The fraction of sp³-hybridized carbons (Fsp3) is 0.909. The summed E-state index contributed by atoms with van der Waals surface area (Å²) in [6.07, 6.45) is 4.13. The number of rotatable bonds is 3. The Morgan fingerprint density at radius 1 is 1.28 bits per heavy atom. The quantitative estimate of drug-likeness (QED) is 0.746.